The van der Waals surface area contributed by atoms with Gasteiger partial charge in [0.2, 0.25) is 5.91 Å². The van der Waals surface area contributed by atoms with Crippen molar-refractivity contribution >= 4 is 23.4 Å². The average Bonchev–Trinajstić information content (AvgIpc) is 2.51. The Morgan fingerprint density at radius 2 is 1.92 bits per heavy atom. The van der Waals surface area contributed by atoms with Gasteiger partial charge < -0.3 is 20.1 Å². The number of hydrogen-bond acceptors (Lipinski definition) is 4. The summed E-state index contributed by atoms with van der Waals surface area (Å²) in [5.41, 5.74) is -0.0815. The third-order valence-corrected chi connectivity index (χ3v) is 3.46. The lowest BCUT2D eigenvalue weighted by atomic mass is 10.1. The second-order valence-electron chi connectivity index (χ2n) is 6.77. The van der Waals surface area contributed by atoms with Gasteiger partial charge >= 0.3 is 0 Å². The van der Waals surface area contributed by atoms with Crippen molar-refractivity contribution in [1.82, 2.24) is 10.6 Å². The van der Waals surface area contributed by atoms with Gasteiger partial charge in [0, 0.05) is 11.1 Å². The van der Waals surface area contributed by atoms with E-state index in [-0.39, 0.29) is 16.5 Å². The van der Waals surface area contributed by atoms with Crippen molar-refractivity contribution in [2.24, 2.45) is 0 Å². The molecule has 1 atom stereocenters. The van der Waals surface area contributed by atoms with Crippen LogP contribution in [-0.4, -0.2) is 37.1 Å². The molecule has 1 aromatic carbocycles. The van der Waals surface area contributed by atoms with Crippen LogP contribution in [0.15, 0.2) is 12.1 Å². The number of nitrogens with one attached hydrogen (secondary N) is 2. The monoisotopic (exact) mass is 370 g/mol. The maximum Gasteiger partial charge on any atom is 0.252 e. The molecule has 0 saturated carbocycles. The van der Waals surface area contributed by atoms with Gasteiger partial charge in [-0.1, -0.05) is 18.5 Å². The summed E-state index contributed by atoms with van der Waals surface area (Å²) in [5, 5.41) is 5.75. The molecule has 140 valence electrons. The fourth-order valence-electron chi connectivity index (χ4n) is 2.02. The van der Waals surface area contributed by atoms with Crippen LogP contribution < -0.4 is 20.1 Å². The number of benzene rings is 1. The first-order valence-corrected chi connectivity index (χ1v) is 8.60. The number of carbonyl (C=O) groups excluding carboxylic acids is 2. The maximum atomic E-state index is 12.4. The average molecular weight is 371 g/mol. The van der Waals surface area contributed by atoms with Gasteiger partial charge in [-0.15, -0.1) is 0 Å². The van der Waals surface area contributed by atoms with Gasteiger partial charge in [-0.3, -0.25) is 9.59 Å². The summed E-state index contributed by atoms with van der Waals surface area (Å²) in [7, 11) is 1.48. The zero-order valence-corrected chi connectivity index (χ0v) is 16.4. The summed E-state index contributed by atoms with van der Waals surface area (Å²) in [4.78, 5) is 24.5. The summed E-state index contributed by atoms with van der Waals surface area (Å²) >= 11 is 6.22. The maximum absolute atomic E-state index is 12.4. The van der Waals surface area contributed by atoms with Crippen molar-refractivity contribution in [3.05, 3.63) is 22.7 Å². The van der Waals surface area contributed by atoms with Gasteiger partial charge in [-0.25, -0.2) is 0 Å². The number of methoxy groups -OCH3 is 1. The van der Waals surface area contributed by atoms with E-state index in [0.29, 0.717) is 23.7 Å². The Bertz CT molecular complexity index is 626. The molecule has 0 aromatic heterocycles. The molecular weight excluding hydrogens is 344 g/mol. The normalized spacial score (nSPS) is 12.3. The molecule has 0 fully saturated rings. The molecule has 0 aliphatic rings. The predicted molar refractivity (Wildman–Crippen MR) is 98.6 cm³/mol. The third kappa shape index (κ3) is 6.46. The predicted octanol–water partition coefficient (Wildman–Crippen LogP) is 3.17. The Morgan fingerprint density at radius 3 is 2.44 bits per heavy atom. The summed E-state index contributed by atoms with van der Waals surface area (Å²) in [6.45, 7) is 9.71. The second-order valence-corrected chi connectivity index (χ2v) is 7.18. The fourth-order valence-corrected chi connectivity index (χ4v) is 2.28. The highest BCUT2D eigenvalue weighted by atomic mass is 35.5. The molecule has 0 aliphatic heterocycles. The zero-order valence-electron chi connectivity index (χ0n) is 15.7. The lowest BCUT2D eigenvalue weighted by Crippen LogP contribution is -2.50. The standard InChI is InChI=1S/C18H27ClN2O4/c1-7-8-25-15-13(19)9-12(10-14(15)24-6)17(23)20-11(2)16(22)21-18(3,4)5/h9-11H,7-8H2,1-6H3,(H,20,23)(H,21,22). The van der Waals surface area contributed by atoms with E-state index < -0.39 is 11.9 Å². The Hall–Kier alpha value is -1.95. The third-order valence-electron chi connectivity index (χ3n) is 3.18. The Labute approximate surface area is 154 Å². The van der Waals surface area contributed by atoms with Crippen LogP contribution in [0, 0.1) is 0 Å². The number of halogens is 1. The molecule has 0 heterocycles. The number of rotatable bonds is 7. The van der Waals surface area contributed by atoms with Crippen molar-refractivity contribution < 1.29 is 19.1 Å². The molecule has 0 aliphatic carbocycles. The van der Waals surface area contributed by atoms with Crippen LogP contribution in [0.3, 0.4) is 0 Å². The molecule has 2 N–H and O–H groups in total. The van der Waals surface area contributed by atoms with Crippen molar-refractivity contribution in [2.75, 3.05) is 13.7 Å². The van der Waals surface area contributed by atoms with E-state index in [0.717, 1.165) is 6.42 Å². The van der Waals surface area contributed by atoms with Crippen LogP contribution in [0.25, 0.3) is 0 Å². The molecule has 0 saturated heterocycles. The highest BCUT2D eigenvalue weighted by Gasteiger charge is 2.22. The molecule has 2 amide bonds. The Morgan fingerprint density at radius 1 is 1.28 bits per heavy atom. The van der Waals surface area contributed by atoms with Crippen LogP contribution in [0.2, 0.25) is 5.02 Å². The van der Waals surface area contributed by atoms with Crippen molar-refractivity contribution in [2.45, 2.75) is 52.6 Å². The molecule has 0 radical (unpaired) electrons. The second kappa shape index (κ2) is 8.94. The van der Waals surface area contributed by atoms with Crippen molar-refractivity contribution in [3.8, 4) is 11.5 Å². The smallest absolute Gasteiger partial charge is 0.252 e. The van der Waals surface area contributed by atoms with Crippen molar-refractivity contribution in [3.63, 3.8) is 0 Å². The van der Waals surface area contributed by atoms with Crippen LogP contribution in [0.4, 0.5) is 0 Å². The fraction of sp³-hybridized carbons (Fsp3) is 0.556. The summed E-state index contributed by atoms with van der Waals surface area (Å²) < 4.78 is 10.8. The largest absolute Gasteiger partial charge is 0.493 e. The van der Waals surface area contributed by atoms with Gasteiger partial charge in [0.05, 0.1) is 18.7 Å². The van der Waals surface area contributed by atoms with Crippen LogP contribution in [0.1, 0.15) is 51.4 Å². The molecule has 0 bridgehead atoms. The molecule has 25 heavy (non-hydrogen) atoms. The van der Waals surface area contributed by atoms with Crippen LogP contribution >= 0.6 is 11.6 Å². The molecule has 1 rings (SSSR count). The minimum Gasteiger partial charge on any atom is -0.493 e. The summed E-state index contributed by atoms with van der Waals surface area (Å²) in [5.74, 6) is 0.0969. The lowest BCUT2D eigenvalue weighted by Gasteiger charge is -2.23. The van der Waals surface area contributed by atoms with Gasteiger partial charge in [-0.05, 0) is 46.2 Å². The van der Waals surface area contributed by atoms with Crippen LogP contribution in [-0.2, 0) is 4.79 Å². The zero-order chi connectivity index (χ0) is 19.2. The van der Waals surface area contributed by atoms with Crippen molar-refractivity contribution in [1.29, 1.82) is 0 Å². The molecule has 0 spiro atoms. The lowest BCUT2D eigenvalue weighted by molar-refractivity contribution is -0.124. The van der Waals surface area contributed by atoms with Gasteiger partial charge in [-0.2, -0.15) is 0 Å². The Balaban J connectivity index is 2.91. The molecule has 7 heteroatoms. The van der Waals surface area contributed by atoms with Gasteiger partial charge in [0.1, 0.15) is 6.04 Å². The van der Waals surface area contributed by atoms with Gasteiger partial charge in [0.15, 0.2) is 11.5 Å². The van der Waals surface area contributed by atoms with E-state index in [1.807, 2.05) is 27.7 Å². The molecule has 1 aromatic rings. The number of amides is 2. The van der Waals surface area contributed by atoms with E-state index in [9.17, 15) is 9.59 Å². The topological polar surface area (TPSA) is 76.7 Å². The van der Waals surface area contributed by atoms with E-state index in [4.69, 9.17) is 21.1 Å². The summed E-state index contributed by atoms with van der Waals surface area (Å²) in [6, 6.07) is 2.35. The number of carbonyl (C=O) groups is 2. The first kappa shape index (κ1) is 21.1. The minimum atomic E-state index is -0.687. The van der Waals surface area contributed by atoms with Gasteiger partial charge in [0.25, 0.3) is 5.91 Å². The van der Waals surface area contributed by atoms with E-state index >= 15 is 0 Å². The first-order valence-electron chi connectivity index (χ1n) is 8.22. The number of ether oxygens (including phenoxy) is 2. The van der Waals surface area contributed by atoms with E-state index in [2.05, 4.69) is 10.6 Å². The SMILES string of the molecule is CCCOc1c(Cl)cc(C(=O)NC(C)C(=O)NC(C)(C)C)cc1OC. The quantitative estimate of drug-likeness (QED) is 0.772. The summed E-state index contributed by atoms with van der Waals surface area (Å²) in [6.07, 6.45) is 0.822. The Kier molecular flexibility index (Phi) is 7.55. The van der Waals surface area contributed by atoms with Crippen LogP contribution in [0.5, 0.6) is 11.5 Å². The highest BCUT2D eigenvalue weighted by Crippen LogP contribution is 2.36. The number of hydrogen-bond donors (Lipinski definition) is 2. The molecular formula is C18H27ClN2O4. The first-order chi connectivity index (χ1) is 11.6. The van der Waals surface area contributed by atoms with E-state index in [1.54, 1.807) is 13.0 Å². The molecule has 6 nitrogen and oxygen atoms in total. The minimum absolute atomic E-state index is 0.262. The molecule has 1 unspecified atom stereocenters. The highest BCUT2D eigenvalue weighted by molar-refractivity contribution is 6.32. The van der Waals surface area contributed by atoms with E-state index in [1.165, 1.54) is 13.2 Å².